The summed E-state index contributed by atoms with van der Waals surface area (Å²) in [6.45, 7) is 0.376. The fourth-order valence-corrected chi connectivity index (χ4v) is 9.51. The number of benzene rings is 5. The van der Waals surface area contributed by atoms with Crippen molar-refractivity contribution in [3.05, 3.63) is 148 Å². The van der Waals surface area contributed by atoms with Crippen LogP contribution in [0.4, 0.5) is 5.69 Å². The second-order valence-electron chi connectivity index (χ2n) is 12.1. The van der Waals surface area contributed by atoms with Crippen molar-refractivity contribution in [3.63, 3.8) is 0 Å². The zero-order valence-electron chi connectivity index (χ0n) is 26.6. The largest absolute Gasteiger partial charge is 0.330 e. The van der Waals surface area contributed by atoms with Crippen LogP contribution in [-0.4, -0.2) is 37.7 Å². The number of hydrogen-bond donors (Lipinski definition) is 2. The number of hydrogen-bond acceptors (Lipinski definition) is 6. The molecule has 1 unspecified atom stereocenters. The Morgan fingerprint density at radius 1 is 0.780 bits per heavy atom. The molecule has 254 valence electrons. The molecule has 1 aromatic heterocycles. The summed E-state index contributed by atoms with van der Waals surface area (Å²) in [5, 5.41) is 4.22. The summed E-state index contributed by atoms with van der Waals surface area (Å²) in [5.41, 5.74) is 3.85. The fraction of sp³-hybridized carbons (Fsp3) is 0.132. The SMILES string of the molecule is O=S(=O)(O)CC(Cc1cccc2ccccc12)N1C(=Cc2ccc3ccccc3[n+]2CCc2ccccc2S(=O)(=O)O)Sc2ccc(Cl)cc21. The number of nitrogens with zero attached hydrogens (tertiary/aromatic N) is 2. The highest BCUT2D eigenvalue weighted by molar-refractivity contribution is 8.04. The smallest absolute Gasteiger partial charge is 0.294 e. The molecule has 7 rings (SSSR count). The average Bonchev–Trinajstić information content (AvgIpc) is 3.43. The van der Waals surface area contributed by atoms with Crippen LogP contribution in [0.2, 0.25) is 5.02 Å². The molecule has 1 aliphatic heterocycles. The molecule has 12 heteroatoms. The van der Waals surface area contributed by atoms with Gasteiger partial charge in [-0.2, -0.15) is 21.4 Å². The molecular formula is C38H32ClN2O6S3+. The molecule has 0 saturated heterocycles. The van der Waals surface area contributed by atoms with E-state index in [2.05, 4.69) is 4.57 Å². The van der Waals surface area contributed by atoms with E-state index in [0.717, 1.165) is 48.5 Å². The zero-order chi connectivity index (χ0) is 35.0. The summed E-state index contributed by atoms with van der Waals surface area (Å²) >= 11 is 8.00. The minimum absolute atomic E-state index is 0.132. The predicted molar refractivity (Wildman–Crippen MR) is 200 cm³/mol. The van der Waals surface area contributed by atoms with Crippen molar-refractivity contribution in [2.45, 2.75) is 35.2 Å². The van der Waals surface area contributed by atoms with Crippen LogP contribution >= 0.6 is 23.4 Å². The quantitative estimate of drug-likeness (QED) is 0.108. The Kier molecular flexibility index (Phi) is 9.46. The molecule has 1 atom stereocenters. The van der Waals surface area contributed by atoms with Crippen LogP contribution in [0.15, 0.2) is 136 Å². The van der Waals surface area contributed by atoms with Gasteiger partial charge in [-0.15, -0.1) is 0 Å². The van der Waals surface area contributed by atoms with E-state index in [-0.39, 0.29) is 4.90 Å². The number of thioether (sulfide) groups is 1. The van der Waals surface area contributed by atoms with Crippen molar-refractivity contribution in [2.24, 2.45) is 0 Å². The second kappa shape index (κ2) is 13.8. The Morgan fingerprint density at radius 3 is 2.28 bits per heavy atom. The Balaban J connectivity index is 1.36. The highest BCUT2D eigenvalue weighted by Gasteiger charge is 2.35. The van der Waals surface area contributed by atoms with Gasteiger partial charge in [0.2, 0.25) is 11.2 Å². The van der Waals surface area contributed by atoms with Crippen molar-refractivity contribution in [3.8, 4) is 0 Å². The van der Waals surface area contributed by atoms with Crippen LogP contribution in [0.1, 0.15) is 16.8 Å². The lowest BCUT2D eigenvalue weighted by Crippen LogP contribution is -2.41. The maximum atomic E-state index is 12.6. The number of pyridine rings is 1. The van der Waals surface area contributed by atoms with E-state index in [9.17, 15) is 25.9 Å². The Morgan fingerprint density at radius 2 is 1.48 bits per heavy atom. The normalized spacial score (nSPS) is 14.8. The molecule has 0 amide bonds. The van der Waals surface area contributed by atoms with Gasteiger partial charge in [-0.05, 0) is 64.7 Å². The summed E-state index contributed by atoms with van der Waals surface area (Å²) in [6, 6.07) is 36.9. The molecule has 0 radical (unpaired) electrons. The van der Waals surface area contributed by atoms with Gasteiger partial charge < -0.3 is 4.90 Å². The zero-order valence-corrected chi connectivity index (χ0v) is 29.8. The standard InChI is InChI=1S/C38H31ClN2O6S3/c39-30-17-19-36-35(23-30)41(32(25-49(42,43)44)22-29-12-7-11-26-8-1-4-13-33(26)29)38(48-36)24-31-18-16-27-9-2-5-14-34(27)40(31)21-20-28-10-3-6-15-37(28)50(45,46)47/h1-19,23-24,32H,20-22,25H2,(H-,42,43,44,45,46,47)/p+1. The number of para-hydroxylation sites is 1. The molecule has 0 aliphatic carbocycles. The van der Waals surface area contributed by atoms with Crippen molar-refractivity contribution in [2.75, 3.05) is 10.7 Å². The number of rotatable bonds is 10. The van der Waals surface area contributed by atoms with E-state index in [0.29, 0.717) is 30.0 Å². The van der Waals surface area contributed by atoms with Gasteiger partial charge in [-0.25, -0.2) is 0 Å². The van der Waals surface area contributed by atoms with Crippen LogP contribution in [-0.2, 0) is 39.6 Å². The van der Waals surface area contributed by atoms with Gasteiger partial charge in [-0.1, -0.05) is 96.2 Å². The van der Waals surface area contributed by atoms with E-state index in [1.54, 1.807) is 24.3 Å². The number of aromatic nitrogens is 1. The number of anilines is 1. The van der Waals surface area contributed by atoms with Gasteiger partial charge in [0.1, 0.15) is 0 Å². The lowest BCUT2D eigenvalue weighted by molar-refractivity contribution is -0.672. The van der Waals surface area contributed by atoms with E-state index >= 15 is 0 Å². The molecule has 50 heavy (non-hydrogen) atoms. The molecule has 0 spiro atoms. The number of aryl methyl sites for hydroxylation is 2. The molecule has 8 nitrogen and oxygen atoms in total. The van der Waals surface area contributed by atoms with Crippen molar-refractivity contribution in [1.82, 2.24) is 0 Å². The minimum atomic E-state index is -4.43. The maximum Gasteiger partial charge on any atom is 0.294 e. The maximum absolute atomic E-state index is 12.6. The molecular weight excluding hydrogens is 712 g/mol. The predicted octanol–water partition coefficient (Wildman–Crippen LogP) is 7.83. The van der Waals surface area contributed by atoms with E-state index < -0.39 is 32.0 Å². The second-order valence-corrected chi connectivity index (χ2v) is 16.5. The minimum Gasteiger partial charge on any atom is -0.330 e. The Bertz CT molecular complexity index is 2520. The summed E-state index contributed by atoms with van der Waals surface area (Å²) in [7, 11) is -8.85. The molecule has 5 aromatic carbocycles. The number of fused-ring (bicyclic) bond motifs is 3. The van der Waals surface area contributed by atoms with Crippen LogP contribution in [0.5, 0.6) is 0 Å². The topological polar surface area (TPSA) is 116 Å². The van der Waals surface area contributed by atoms with Gasteiger partial charge in [0, 0.05) is 39.9 Å². The highest BCUT2D eigenvalue weighted by atomic mass is 35.5. The van der Waals surface area contributed by atoms with Crippen molar-refractivity contribution >= 4 is 77.0 Å². The lowest BCUT2D eigenvalue weighted by atomic mass is 9.98. The van der Waals surface area contributed by atoms with E-state index in [1.165, 1.54) is 17.8 Å². The molecule has 2 N–H and O–H groups in total. The summed E-state index contributed by atoms with van der Waals surface area (Å²) in [6.07, 6.45) is 2.61. The van der Waals surface area contributed by atoms with Gasteiger partial charge in [0.05, 0.1) is 27.4 Å². The van der Waals surface area contributed by atoms with E-state index in [4.69, 9.17) is 11.6 Å². The van der Waals surface area contributed by atoms with Crippen LogP contribution in [0.25, 0.3) is 27.8 Å². The molecule has 0 bridgehead atoms. The lowest BCUT2D eigenvalue weighted by Gasteiger charge is -2.30. The van der Waals surface area contributed by atoms with Crippen molar-refractivity contribution in [1.29, 1.82) is 0 Å². The first-order valence-corrected chi connectivity index (χ1v) is 20.1. The van der Waals surface area contributed by atoms with Gasteiger partial charge in [0.15, 0.2) is 6.54 Å². The molecule has 0 fully saturated rings. The van der Waals surface area contributed by atoms with Gasteiger partial charge in [0.25, 0.3) is 20.2 Å². The third kappa shape index (κ3) is 7.29. The van der Waals surface area contributed by atoms with Gasteiger partial charge in [-0.3, -0.25) is 9.11 Å². The monoisotopic (exact) mass is 743 g/mol. The Hall–Kier alpha value is -4.23. The molecule has 6 aromatic rings. The molecule has 1 aliphatic rings. The summed E-state index contributed by atoms with van der Waals surface area (Å²) in [4.78, 5) is 2.70. The average molecular weight is 744 g/mol. The molecule has 2 heterocycles. The van der Waals surface area contributed by atoms with Crippen LogP contribution < -0.4 is 9.47 Å². The summed E-state index contributed by atoms with van der Waals surface area (Å²) in [5.74, 6) is -0.524. The Labute approximate surface area is 300 Å². The van der Waals surface area contributed by atoms with E-state index in [1.807, 2.05) is 102 Å². The third-order valence-electron chi connectivity index (χ3n) is 8.84. The first kappa shape index (κ1) is 34.2. The van der Waals surface area contributed by atoms with Crippen LogP contribution in [0, 0.1) is 0 Å². The van der Waals surface area contributed by atoms with Crippen LogP contribution in [0.3, 0.4) is 0 Å². The van der Waals surface area contributed by atoms with Crippen molar-refractivity contribution < 1.29 is 30.5 Å². The third-order valence-corrected chi connectivity index (χ3v) is 11.9. The summed E-state index contributed by atoms with van der Waals surface area (Å²) < 4.78 is 71.8. The first-order valence-electron chi connectivity index (χ1n) is 15.8. The van der Waals surface area contributed by atoms with Gasteiger partial charge >= 0.3 is 0 Å². The number of halogens is 1. The first-order chi connectivity index (χ1) is 23.9. The fourth-order valence-electron chi connectivity index (χ4n) is 6.69. The highest BCUT2D eigenvalue weighted by Crippen LogP contribution is 2.49. The molecule has 0 saturated carbocycles.